The van der Waals surface area contributed by atoms with Crippen LogP contribution in [0.15, 0.2) is 30.3 Å². The Bertz CT molecular complexity index is 424. The van der Waals surface area contributed by atoms with Crippen LogP contribution in [0.25, 0.3) is 0 Å². The Hall–Kier alpha value is -1.16. The molecule has 1 aromatic carbocycles. The Morgan fingerprint density at radius 3 is 2.75 bits per heavy atom. The summed E-state index contributed by atoms with van der Waals surface area (Å²) < 4.78 is 0. The van der Waals surface area contributed by atoms with Crippen molar-refractivity contribution in [3.05, 3.63) is 35.9 Å². The number of carbonyl (C=O) groups is 1. The van der Waals surface area contributed by atoms with E-state index in [0.717, 1.165) is 19.5 Å². The minimum atomic E-state index is 0.0844. The summed E-state index contributed by atoms with van der Waals surface area (Å²) in [6, 6.07) is 10.6. The topological polar surface area (TPSA) is 32.3 Å². The molecular weight excluding hydrogens is 268 g/mol. The van der Waals surface area contributed by atoms with Crippen LogP contribution in [0.3, 0.4) is 0 Å². The van der Waals surface area contributed by atoms with Gasteiger partial charge in [0.15, 0.2) is 0 Å². The van der Waals surface area contributed by atoms with Gasteiger partial charge in [0, 0.05) is 13.1 Å². The molecule has 0 bridgehead atoms. The summed E-state index contributed by atoms with van der Waals surface area (Å²) in [5.74, 6) is 1.71. The SMILES string of the molecule is CSCCCCNC(=O)N1C[C@H](C)[C@@H]1c1ccccc1. The predicted molar refractivity (Wildman–Crippen MR) is 86.1 cm³/mol. The number of carbonyl (C=O) groups excluding carboxylic acids is 1. The zero-order chi connectivity index (χ0) is 14.4. The first-order valence-electron chi connectivity index (χ1n) is 7.32. The Labute approximate surface area is 126 Å². The molecule has 0 radical (unpaired) electrons. The third-order valence-electron chi connectivity index (χ3n) is 3.81. The number of unbranched alkanes of at least 4 members (excludes halogenated alkanes) is 1. The molecule has 1 N–H and O–H groups in total. The summed E-state index contributed by atoms with van der Waals surface area (Å²) in [5.41, 5.74) is 1.24. The zero-order valence-electron chi connectivity index (χ0n) is 12.3. The van der Waals surface area contributed by atoms with E-state index in [1.165, 1.54) is 17.7 Å². The molecule has 1 saturated heterocycles. The minimum Gasteiger partial charge on any atom is -0.338 e. The van der Waals surface area contributed by atoms with Crippen molar-refractivity contribution in [1.29, 1.82) is 0 Å². The van der Waals surface area contributed by atoms with Crippen LogP contribution >= 0.6 is 11.8 Å². The van der Waals surface area contributed by atoms with Crippen molar-refractivity contribution < 1.29 is 4.79 Å². The van der Waals surface area contributed by atoms with E-state index in [4.69, 9.17) is 0 Å². The lowest BCUT2D eigenvalue weighted by Crippen LogP contribution is -2.55. The monoisotopic (exact) mass is 292 g/mol. The summed E-state index contributed by atoms with van der Waals surface area (Å²) in [7, 11) is 0. The lowest BCUT2D eigenvalue weighted by atomic mass is 9.85. The number of likely N-dealkylation sites (tertiary alicyclic amines) is 1. The van der Waals surface area contributed by atoms with Gasteiger partial charge in [-0.2, -0.15) is 11.8 Å². The van der Waals surface area contributed by atoms with E-state index in [-0.39, 0.29) is 12.1 Å². The average molecular weight is 292 g/mol. The molecule has 110 valence electrons. The Kier molecular flexibility index (Phi) is 5.77. The maximum Gasteiger partial charge on any atom is 0.317 e. The molecule has 2 rings (SSSR count). The van der Waals surface area contributed by atoms with Crippen molar-refractivity contribution in [3.63, 3.8) is 0 Å². The summed E-state index contributed by atoms with van der Waals surface area (Å²) >= 11 is 1.86. The number of rotatable bonds is 6. The molecule has 0 spiro atoms. The number of amides is 2. The van der Waals surface area contributed by atoms with Gasteiger partial charge in [-0.3, -0.25) is 0 Å². The molecule has 0 saturated carbocycles. The third kappa shape index (κ3) is 3.69. The van der Waals surface area contributed by atoms with E-state index in [2.05, 4.69) is 30.6 Å². The highest BCUT2D eigenvalue weighted by Crippen LogP contribution is 2.38. The Balaban J connectivity index is 1.81. The molecule has 1 aliphatic heterocycles. The number of benzene rings is 1. The van der Waals surface area contributed by atoms with Crippen LogP contribution in [0, 0.1) is 5.92 Å². The van der Waals surface area contributed by atoms with Crippen molar-refractivity contribution >= 4 is 17.8 Å². The Morgan fingerprint density at radius 1 is 1.35 bits per heavy atom. The van der Waals surface area contributed by atoms with Crippen LogP contribution in [0.2, 0.25) is 0 Å². The zero-order valence-corrected chi connectivity index (χ0v) is 13.2. The molecule has 0 unspecified atom stereocenters. The van der Waals surface area contributed by atoms with Crippen molar-refractivity contribution in [1.82, 2.24) is 10.2 Å². The molecule has 0 aliphatic carbocycles. The smallest absolute Gasteiger partial charge is 0.317 e. The highest BCUT2D eigenvalue weighted by molar-refractivity contribution is 7.98. The number of urea groups is 1. The maximum absolute atomic E-state index is 12.2. The lowest BCUT2D eigenvalue weighted by molar-refractivity contribution is 0.0593. The second kappa shape index (κ2) is 7.58. The second-order valence-corrected chi connectivity index (χ2v) is 6.40. The molecule has 3 nitrogen and oxygen atoms in total. The van der Waals surface area contributed by atoms with Crippen LogP contribution < -0.4 is 5.32 Å². The molecule has 4 heteroatoms. The van der Waals surface area contributed by atoms with E-state index >= 15 is 0 Å². The van der Waals surface area contributed by atoms with Gasteiger partial charge < -0.3 is 10.2 Å². The number of nitrogens with zero attached hydrogens (tertiary/aromatic N) is 1. The molecule has 1 aliphatic rings. The molecular formula is C16H24N2OS. The van der Waals surface area contributed by atoms with Crippen molar-refractivity contribution in [2.45, 2.75) is 25.8 Å². The third-order valence-corrected chi connectivity index (χ3v) is 4.51. The highest BCUT2D eigenvalue weighted by atomic mass is 32.2. The fourth-order valence-electron chi connectivity index (χ4n) is 2.73. The largest absolute Gasteiger partial charge is 0.338 e. The average Bonchev–Trinajstić information content (AvgIpc) is 2.45. The maximum atomic E-state index is 12.2. The molecule has 20 heavy (non-hydrogen) atoms. The van der Waals surface area contributed by atoms with Crippen molar-refractivity contribution in [3.8, 4) is 0 Å². The molecule has 2 amide bonds. The van der Waals surface area contributed by atoms with Gasteiger partial charge in [-0.1, -0.05) is 37.3 Å². The van der Waals surface area contributed by atoms with Crippen molar-refractivity contribution in [2.24, 2.45) is 5.92 Å². The first kappa shape index (κ1) is 15.2. The second-order valence-electron chi connectivity index (χ2n) is 5.42. The van der Waals surface area contributed by atoms with Gasteiger partial charge in [0.25, 0.3) is 0 Å². The van der Waals surface area contributed by atoms with Gasteiger partial charge in [0.1, 0.15) is 0 Å². The van der Waals surface area contributed by atoms with Crippen LogP contribution in [-0.4, -0.2) is 36.0 Å². The fourth-order valence-corrected chi connectivity index (χ4v) is 3.22. The van der Waals surface area contributed by atoms with E-state index < -0.39 is 0 Å². The van der Waals surface area contributed by atoms with Gasteiger partial charge in [0.05, 0.1) is 6.04 Å². The minimum absolute atomic E-state index is 0.0844. The lowest BCUT2D eigenvalue weighted by Gasteiger charge is -2.46. The van der Waals surface area contributed by atoms with Crippen LogP contribution in [-0.2, 0) is 0 Å². The Morgan fingerprint density at radius 2 is 2.10 bits per heavy atom. The molecule has 1 aromatic rings. The first-order chi connectivity index (χ1) is 9.74. The van der Waals surface area contributed by atoms with E-state index in [0.29, 0.717) is 5.92 Å². The first-order valence-corrected chi connectivity index (χ1v) is 8.71. The van der Waals surface area contributed by atoms with E-state index in [9.17, 15) is 4.79 Å². The summed E-state index contributed by atoms with van der Waals surface area (Å²) in [4.78, 5) is 14.1. The number of thioether (sulfide) groups is 1. The summed E-state index contributed by atoms with van der Waals surface area (Å²) in [6.45, 7) is 3.85. The number of hydrogen-bond acceptors (Lipinski definition) is 2. The number of hydrogen-bond donors (Lipinski definition) is 1. The molecule has 2 atom stereocenters. The number of nitrogens with one attached hydrogen (secondary N) is 1. The van der Waals surface area contributed by atoms with Gasteiger partial charge in [-0.05, 0) is 36.3 Å². The van der Waals surface area contributed by atoms with Gasteiger partial charge in [0.2, 0.25) is 0 Å². The summed E-state index contributed by atoms with van der Waals surface area (Å²) in [6.07, 6.45) is 4.34. The van der Waals surface area contributed by atoms with E-state index in [1.807, 2.05) is 34.9 Å². The van der Waals surface area contributed by atoms with E-state index in [1.54, 1.807) is 0 Å². The van der Waals surface area contributed by atoms with Crippen LogP contribution in [0.5, 0.6) is 0 Å². The predicted octanol–water partition coefficient (Wildman–Crippen LogP) is 3.53. The summed E-state index contributed by atoms with van der Waals surface area (Å²) in [5, 5.41) is 3.04. The van der Waals surface area contributed by atoms with Gasteiger partial charge in [-0.25, -0.2) is 4.79 Å². The molecule has 0 aromatic heterocycles. The highest BCUT2D eigenvalue weighted by Gasteiger charge is 2.39. The quantitative estimate of drug-likeness (QED) is 0.814. The standard InChI is InChI=1S/C16H24N2OS/c1-13-12-18(15(13)14-8-4-3-5-9-14)16(19)17-10-6-7-11-20-2/h3-5,8-9,13,15H,6-7,10-12H2,1-2H3,(H,17,19)/t13-,15+/m0/s1. The molecule has 1 fully saturated rings. The molecule has 1 heterocycles. The van der Waals surface area contributed by atoms with Gasteiger partial charge in [-0.15, -0.1) is 0 Å². The van der Waals surface area contributed by atoms with Crippen LogP contribution in [0.1, 0.15) is 31.4 Å². The normalized spacial score (nSPS) is 21.4. The van der Waals surface area contributed by atoms with Crippen molar-refractivity contribution in [2.75, 3.05) is 25.1 Å². The van der Waals surface area contributed by atoms with Crippen LogP contribution in [0.4, 0.5) is 4.79 Å². The van der Waals surface area contributed by atoms with Gasteiger partial charge >= 0.3 is 6.03 Å². The fraction of sp³-hybridized carbons (Fsp3) is 0.562.